The van der Waals surface area contributed by atoms with E-state index in [9.17, 15) is 14.4 Å². The fourth-order valence-corrected chi connectivity index (χ4v) is 3.92. The van der Waals surface area contributed by atoms with Crippen LogP contribution in [-0.4, -0.2) is 42.0 Å². The van der Waals surface area contributed by atoms with Crippen molar-refractivity contribution in [2.75, 3.05) is 35.7 Å². The summed E-state index contributed by atoms with van der Waals surface area (Å²) in [5.74, 6) is -0.0336. The molecule has 0 saturated carbocycles. The number of para-hydroxylation sites is 2. The highest BCUT2D eigenvalue weighted by atomic mass is 16.5. The highest BCUT2D eigenvalue weighted by Crippen LogP contribution is 2.32. The van der Waals surface area contributed by atoms with E-state index in [0.717, 1.165) is 25.9 Å². The molecule has 3 heterocycles. The average Bonchev–Trinajstić information content (AvgIpc) is 2.73. The lowest BCUT2D eigenvalue weighted by molar-refractivity contribution is -0.123. The van der Waals surface area contributed by atoms with Crippen LogP contribution in [-0.2, 0) is 9.59 Å². The minimum Gasteiger partial charge on any atom is -0.495 e. The molecule has 0 unspecified atom stereocenters. The number of rotatable bonds is 4. The van der Waals surface area contributed by atoms with E-state index < -0.39 is 17.4 Å². The molecule has 2 aromatic rings. The van der Waals surface area contributed by atoms with Gasteiger partial charge >= 0.3 is 0 Å². The van der Waals surface area contributed by atoms with Crippen LogP contribution in [0, 0.1) is 5.92 Å². The molecule has 1 saturated heterocycles. The molecule has 3 N–H and O–H groups in total. The third-order valence-corrected chi connectivity index (χ3v) is 5.70. The number of hydrogen-bond donors (Lipinski definition) is 3. The number of piperidine rings is 1. The van der Waals surface area contributed by atoms with Crippen LogP contribution in [0.25, 0.3) is 0 Å². The Bertz CT molecular complexity index is 1030. The van der Waals surface area contributed by atoms with Crippen molar-refractivity contribution in [3.63, 3.8) is 0 Å². The Morgan fingerprint density at radius 3 is 2.70 bits per heavy atom. The van der Waals surface area contributed by atoms with Gasteiger partial charge in [-0.2, -0.15) is 4.98 Å². The fraction of sp³-hybridized carbons (Fsp3) is 0.429. The van der Waals surface area contributed by atoms with Crippen molar-refractivity contribution in [1.29, 1.82) is 0 Å². The van der Waals surface area contributed by atoms with Gasteiger partial charge in [-0.1, -0.05) is 19.1 Å². The number of anilines is 3. The van der Waals surface area contributed by atoms with E-state index in [2.05, 4.69) is 27.5 Å². The van der Waals surface area contributed by atoms with E-state index in [4.69, 9.17) is 4.74 Å². The number of nitrogens with one attached hydrogen (secondary N) is 3. The van der Waals surface area contributed by atoms with Gasteiger partial charge in [0.15, 0.2) is 0 Å². The van der Waals surface area contributed by atoms with Crippen molar-refractivity contribution in [1.82, 2.24) is 9.97 Å². The maximum Gasteiger partial charge on any atom is 0.258 e. The van der Waals surface area contributed by atoms with E-state index >= 15 is 0 Å². The summed E-state index contributed by atoms with van der Waals surface area (Å²) in [6, 6.07) is 6.97. The number of aromatic nitrogens is 2. The zero-order valence-corrected chi connectivity index (χ0v) is 17.0. The Labute approximate surface area is 173 Å². The monoisotopic (exact) mass is 411 g/mol. The summed E-state index contributed by atoms with van der Waals surface area (Å²) in [5, 5.41) is 5.43. The fourth-order valence-electron chi connectivity index (χ4n) is 3.92. The first kappa shape index (κ1) is 19.9. The molecule has 1 aromatic heterocycles. The van der Waals surface area contributed by atoms with Gasteiger partial charge in [-0.25, -0.2) is 0 Å². The molecule has 0 radical (unpaired) electrons. The molecule has 1 aromatic carbocycles. The number of hydrogen-bond acceptors (Lipinski definition) is 6. The number of ether oxygens (including phenoxy) is 1. The summed E-state index contributed by atoms with van der Waals surface area (Å²) in [7, 11) is 1.51. The summed E-state index contributed by atoms with van der Waals surface area (Å²) < 4.78 is 5.26. The van der Waals surface area contributed by atoms with Crippen LogP contribution in [0.2, 0.25) is 0 Å². The summed E-state index contributed by atoms with van der Waals surface area (Å²) in [5.41, 5.74) is 0.242. The Kier molecular flexibility index (Phi) is 5.43. The van der Waals surface area contributed by atoms with Crippen LogP contribution in [0.1, 0.15) is 37.7 Å². The zero-order valence-electron chi connectivity index (χ0n) is 17.0. The van der Waals surface area contributed by atoms with Crippen LogP contribution in [0.3, 0.4) is 0 Å². The van der Waals surface area contributed by atoms with Crippen LogP contribution in [0.4, 0.5) is 17.5 Å². The third kappa shape index (κ3) is 3.87. The molecule has 9 heteroatoms. The lowest BCUT2D eigenvalue weighted by Crippen LogP contribution is -2.39. The SMILES string of the molecule is COc1ccccc1NC(=O)[C@H]1CC(=O)Nc2nc(N3CCC(C)CC3)[nH]c(=O)c21. The third-order valence-electron chi connectivity index (χ3n) is 5.70. The molecule has 1 fully saturated rings. The van der Waals surface area contributed by atoms with Gasteiger partial charge in [-0.15, -0.1) is 0 Å². The molecule has 30 heavy (non-hydrogen) atoms. The average molecular weight is 411 g/mol. The second kappa shape index (κ2) is 8.17. The summed E-state index contributed by atoms with van der Waals surface area (Å²) in [6.45, 7) is 3.77. The molecular formula is C21H25N5O4. The normalized spacial score (nSPS) is 19.1. The standard InChI is InChI=1S/C21H25N5O4/c1-12-7-9-26(10-8-12)21-24-18-17(20(29)25-21)13(11-16(27)23-18)19(28)22-14-5-3-4-6-15(14)30-2/h3-6,12-13H,7-11H2,1-2H3,(H,22,28)(H2,23,24,25,27,29)/t13-/m0/s1. The minimum atomic E-state index is -0.939. The van der Waals surface area contributed by atoms with Gasteiger partial charge in [0.05, 0.1) is 24.3 Å². The van der Waals surface area contributed by atoms with Crippen molar-refractivity contribution in [2.24, 2.45) is 5.92 Å². The van der Waals surface area contributed by atoms with Gasteiger partial charge in [-0.3, -0.25) is 19.4 Å². The van der Waals surface area contributed by atoms with E-state index in [1.807, 2.05) is 4.90 Å². The number of amides is 2. The van der Waals surface area contributed by atoms with Gasteiger partial charge in [0, 0.05) is 19.5 Å². The molecular weight excluding hydrogens is 386 g/mol. The zero-order chi connectivity index (χ0) is 21.3. The first-order valence-electron chi connectivity index (χ1n) is 10.1. The van der Waals surface area contributed by atoms with Crippen LogP contribution in [0.5, 0.6) is 5.75 Å². The highest BCUT2D eigenvalue weighted by molar-refractivity contribution is 6.04. The van der Waals surface area contributed by atoms with Gasteiger partial charge < -0.3 is 20.3 Å². The first-order chi connectivity index (χ1) is 14.5. The van der Waals surface area contributed by atoms with Crippen LogP contribution in [0.15, 0.2) is 29.1 Å². The first-order valence-corrected chi connectivity index (χ1v) is 10.1. The largest absolute Gasteiger partial charge is 0.495 e. The number of methoxy groups -OCH3 is 1. The maximum absolute atomic E-state index is 13.0. The lowest BCUT2D eigenvalue weighted by atomic mass is 9.92. The van der Waals surface area contributed by atoms with Crippen molar-refractivity contribution in [3.8, 4) is 5.75 Å². The van der Waals surface area contributed by atoms with Gasteiger partial charge in [-0.05, 0) is 30.9 Å². The van der Waals surface area contributed by atoms with Crippen molar-refractivity contribution in [2.45, 2.75) is 32.1 Å². The Hall–Kier alpha value is -3.36. The molecule has 0 spiro atoms. The quantitative estimate of drug-likeness (QED) is 0.709. The van der Waals surface area contributed by atoms with Crippen molar-refractivity contribution >= 4 is 29.3 Å². The lowest BCUT2D eigenvalue weighted by Gasteiger charge is -2.31. The minimum absolute atomic E-state index is 0.126. The molecule has 2 aliphatic rings. The Morgan fingerprint density at radius 2 is 1.97 bits per heavy atom. The molecule has 1 atom stereocenters. The summed E-state index contributed by atoms with van der Waals surface area (Å²) in [4.78, 5) is 47.5. The number of fused-ring (bicyclic) bond motifs is 1. The van der Waals surface area contributed by atoms with E-state index in [1.165, 1.54) is 7.11 Å². The Morgan fingerprint density at radius 1 is 1.23 bits per heavy atom. The predicted octanol–water partition coefficient (Wildman–Crippen LogP) is 2.08. The predicted molar refractivity (Wildman–Crippen MR) is 113 cm³/mol. The maximum atomic E-state index is 13.0. The molecule has 0 bridgehead atoms. The van der Waals surface area contributed by atoms with Gasteiger partial charge in [0.1, 0.15) is 11.6 Å². The number of carbonyl (C=O) groups is 2. The molecule has 9 nitrogen and oxygen atoms in total. The molecule has 2 amide bonds. The number of aromatic amines is 1. The van der Waals surface area contributed by atoms with E-state index in [-0.39, 0.29) is 23.7 Å². The molecule has 2 aliphatic heterocycles. The van der Waals surface area contributed by atoms with E-state index in [0.29, 0.717) is 23.3 Å². The number of H-pyrrole nitrogens is 1. The number of carbonyl (C=O) groups excluding carboxylic acids is 2. The van der Waals surface area contributed by atoms with Crippen LogP contribution >= 0.6 is 0 Å². The second-order valence-corrected chi connectivity index (χ2v) is 7.82. The van der Waals surface area contributed by atoms with Gasteiger partial charge in [0.2, 0.25) is 17.8 Å². The molecule has 0 aliphatic carbocycles. The van der Waals surface area contributed by atoms with Gasteiger partial charge in [0.25, 0.3) is 5.56 Å². The smallest absolute Gasteiger partial charge is 0.258 e. The molecule has 4 rings (SSSR count). The van der Waals surface area contributed by atoms with Crippen LogP contribution < -0.4 is 25.8 Å². The number of nitrogens with zero attached hydrogens (tertiary/aromatic N) is 2. The highest BCUT2D eigenvalue weighted by Gasteiger charge is 2.35. The molecule has 158 valence electrons. The van der Waals surface area contributed by atoms with Crippen molar-refractivity contribution in [3.05, 3.63) is 40.2 Å². The summed E-state index contributed by atoms with van der Waals surface area (Å²) >= 11 is 0. The van der Waals surface area contributed by atoms with Crippen molar-refractivity contribution < 1.29 is 14.3 Å². The second-order valence-electron chi connectivity index (χ2n) is 7.82. The Balaban J connectivity index is 1.64. The number of benzene rings is 1. The van der Waals surface area contributed by atoms with E-state index in [1.54, 1.807) is 24.3 Å². The topological polar surface area (TPSA) is 116 Å². The summed E-state index contributed by atoms with van der Waals surface area (Å²) in [6.07, 6.45) is 1.90.